The zero-order chi connectivity index (χ0) is 13.8. The Labute approximate surface area is 113 Å². The topological polar surface area (TPSA) is 84.4 Å². The highest BCUT2D eigenvalue weighted by Crippen LogP contribution is 2.23. The highest BCUT2D eigenvalue weighted by atomic mass is 16.1. The molecule has 1 aliphatic rings. The van der Waals surface area contributed by atoms with Crippen molar-refractivity contribution in [2.45, 2.75) is 25.8 Å². The van der Waals surface area contributed by atoms with E-state index in [2.05, 4.69) is 17.1 Å². The molecule has 1 heterocycles. The number of carbonyl (C=O) groups excluding carboxylic acids is 1. The minimum absolute atomic E-state index is 0.419. The Morgan fingerprint density at radius 2 is 2.11 bits per heavy atom. The van der Waals surface area contributed by atoms with Crippen LogP contribution < -0.4 is 16.8 Å². The van der Waals surface area contributed by atoms with Gasteiger partial charge in [0.25, 0.3) is 5.91 Å². The molecule has 104 valence electrons. The van der Waals surface area contributed by atoms with Crippen LogP contribution in [0.1, 0.15) is 30.1 Å². The van der Waals surface area contributed by atoms with Gasteiger partial charge >= 0.3 is 0 Å². The molecule has 5 N–H and O–H groups in total. The van der Waals surface area contributed by atoms with Crippen LogP contribution in [0.25, 0.3) is 0 Å². The van der Waals surface area contributed by atoms with Crippen molar-refractivity contribution < 1.29 is 4.79 Å². The summed E-state index contributed by atoms with van der Waals surface area (Å²) >= 11 is 0. The van der Waals surface area contributed by atoms with Gasteiger partial charge in [-0.2, -0.15) is 0 Å². The Morgan fingerprint density at radius 3 is 2.74 bits per heavy atom. The maximum Gasteiger partial charge on any atom is 0.250 e. The van der Waals surface area contributed by atoms with Crippen molar-refractivity contribution in [3.05, 3.63) is 23.8 Å². The minimum atomic E-state index is -0.455. The highest BCUT2D eigenvalue weighted by Gasteiger charge is 2.18. The van der Waals surface area contributed by atoms with E-state index >= 15 is 0 Å². The van der Waals surface area contributed by atoms with Gasteiger partial charge in [0.15, 0.2) is 0 Å². The van der Waals surface area contributed by atoms with Crippen molar-refractivity contribution in [1.82, 2.24) is 4.90 Å². The summed E-state index contributed by atoms with van der Waals surface area (Å²) in [6.07, 6.45) is 2.54. The second kappa shape index (κ2) is 5.93. The number of anilines is 2. The Bertz CT molecular complexity index is 455. The van der Waals surface area contributed by atoms with Crippen LogP contribution in [0.3, 0.4) is 0 Å². The number of hydrogen-bond acceptors (Lipinski definition) is 4. The first-order valence-corrected chi connectivity index (χ1v) is 6.76. The van der Waals surface area contributed by atoms with Gasteiger partial charge in [0.05, 0.1) is 16.9 Å². The third-order valence-corrected chi connectivity index (χ3v) is 3.70. The Balaban J connectivity index is 2.04. The lowest BCUT2D eigenvalue weighted by molar-refractivity contribution is 0.100. The minimum Gasteiger partial charge on any atom is -0.397 e. The lowest BCUT2D eigenvalue weighted by atomic mass is 10.1. The average Bonchev–Trinajstić information content (AvgIpc) is 2.90. The molecule has 0 bridgehead atoms. The van der Waals surface area contributed by atoms with E-state index in [0.717, 1.165) is 19.6 Å². The van der Waals surface area contributed by atoms with E-state index in [9.17, 15) is 4.79 Å². The molecule has 1 fully saturated rings. The second-order valence-corrected chi connectivity index (χ2v) is 5.11. The Morgan fingerprint density at radius 1 is 1.42 bits per heavy atom. The van der Waals surface area contributed by atoms with Gasteiger partial charge in [-0.1, -0.05) is 6.07 Å². The molecule has 19 heavy (non-hydrogen) atoms. The van der Waals surface area contributed by atoms with Gasteiger partial charge in [-0.25, -0.2) is 0 Å². The van der Waals surface area contributed by atoms with E-state index < -0.39 is 5.91 Å². The van der Waals surface area contributed by atoms with Crippen LogP contribution in [0.15, 0.2) is 18.2 Å². The number of nitrogens with two attached hydrogens (primary N) is 2. The summed E-state index contributed by atoms with van der Waals surface area (Å²) in [4.78, 5) is 13.8. The van der Waals surface area contributed by atoms with E-state index in [4.69, 9.17) is 11.5 Å². The van der Waals surface area contributed by atoms with Crippen molar-refractivity contribution in [2.24, 2.45) is 5.73 Å². The first-order chi connectivity index (χ1) is 9.09. The van der Waals surface area contributed by atoms with Crippen LogP contribution in [0.5, 0.6) is 0 Å². The molecular weight excluding hydrogens is 240 g/mol. The zero-order valence-electron chi connectivity index (χ0n) is 11.4. The molecule has 2 rings (SSSR count). The zero-order valence-corrected chi connectivity index (χ0v) is 11.4. The van der Waals surface area contributed by atoms with Crippen molar-refractivity contribution in [1.29, 1.82) is 0 Å². The van der Waals surface area contributed by atoms with Gasteiger partial charge < -0.3 is 16.8 Å². The van der Waals surface area contributed by atoms with E-state index in [1.165, 1.54) is 12.8 Å². The molecule has 0 radical (unpaired) electrons. The van der Waals surface area contributed by atoms with Crippen LogP contribution in [0, 0.1) is 0 Å². The molecule has 1 aliphatic heterocycles. The van der Waals surface area contributed by atoms with Crippen molar-refractivity contribution in [2.75, 3.05) is 30.7 Å². The number of nitrogen functional groups attached to an aromatic ring is 1. The molecule has 1 aromatic rings. The average molecular weight is 262 g/mol. The fourth-order valence-corrected chi connectivity index (χ4v) is 2.53. The standard InChI is InChI=1S/C14H22N4O/c1-10(18-7-2-3-8-18)9-17-13-11(14(16)19)5-4-6-12(13)15/h4-6,10,17H,2-3,7-9,15H2,1H3,(H2,16,19). The van der Waals surface area contributed by atoms with E-state index in [1.54, 1.807) is 18.2 Å². The number of carbonyl (C=O) groups is 1. The second-order valence-electron chi connectivity index (χ2n) is 5.11. The number of rotatable bonds is 5. The maximum absolute atomic E-state index is 11.4. The van der Waals surface area contributed by atoms with Crippen molar-refractivity contribution in [3.8, 4) is 0 Å². The quantitative estimate of drug-likeness (QED) is 0.698. The third-order valence-electron chi connectivity index (χ3n) is 3.70. The Kier molecular flexibility index (Phi) is 4.27. The normalized spacial score (nSPS) is 17.3. The molecule has 1 unspecified atom stereocenters. The van der Waals surface area contributed by atoms with Crippen LogP contribution in [0.2, 0.25) is 0 Å². The summed E-state index contributed by atoms with van der Waals surface area (Å²) in [5.41, 5.74) is 12.9. The van der Waals surface area contributed by atoms with Crippen molar-refractivity contribution in [3.63, 3.8) is 0 Å². The summed E-state index contributed by atoms with van der Waals surface area (Å²) in [7, 11) is 0. The highest BCUT2D eigenvalue weighted by molar-refractivity contribution is 6.01. The summed E-state index contributed by atoms with van der Waals surface area (Å²) in [6, 6.07) is 5.63. The van der Waals surface area contributed by atoms with Crippen molar-refractivity contribution >= 4 is 17.3 Å². The number of nitrogens with one attached hydrogen (secondary N) is 1. The van der Waals surface area contributed by atoms with E-state index in [1.807, 2.05) is 0 Å². The van der Waals surface area contributed by atoms with Gasteiger partial charge in [-0.3, -0.25) is 9.69 Å². The monoisotopic (exact) mass is 262 g/mol. The number of para-hydroxylation sites is 1. The van der Waals surface area contributed by atoms with Crippen LogP contribution in [0.4, 0.5) is 11.4 Å². The molecule has 5 nitrogen and oxygen atoms in total. The summed E-state index contributed by atoms with van der Waals surface area (Å²) < 4.78 is 0. The van der Waals surface area contributed by atoms with E-state index in [-0.39, 0.29) is 0 Å². The molecular formula is C14H22N4O. The molecule has 1 saturated heterocycles. The first-order valence-electron chi connectivity index (χ1n) is 6.76. The predicted molar refractivity (Wildman–Crippen MR) is 78.1 cm³/mol. The number of benzene rings is 1. The fraction of sp³-hybridized carbons (Fsp3) is 0.500. The summed E-state index contributed by atoms with van der Waals surface area (Å²) in [5.74, 6) is -0.455. The molecule has 0 saturated carbocycles. The molecule has 0 spiro atoms. The smallest absolute Gasteiger partial charge is 0.250 e. The SMILES string of the molecule is CC(CNc1c(N)cccc1C(N)=O)N1CCCC1. The molecule has 5 heteroatoms. The number of amides is 1. The van der Waals surface area contributed by atoms with Crippen LogP contribution >= 0.6 is 0 Å². The molecule has 1 amide bonds. The largest absolute Gasteiger partial charge is 0.397 e. The summed E-state index contributed by atoms with van der Waals surface area (Å²) in [6.45, 7) is 5.24. The first kappa shape index (κ1) is 13.7. The Hall–Kier alpha value is -1.75. The lowest BCUT2D eigenvalue weighted by Gasteiger charge is -2.25. The number of primary amides is 1. The molecule has 0 aliphatic carbocycles. The van der Waals surface area contributed by atoms with Gasteiger partial charge in [-0.15, -0.1) is 0 Å². The van der Waals surface area contributed by atoms with Gasteiger partial charge in [-0.05, 0) is 45.0 Å². The summed E-state index contributed by atoms with van der Waals surface area (Å²) in [5, 5.41) is 3.27. The molecule has 1 atom stereocenters. The fourth-order valence-electron chi connectivity index (χ4n) is 2.53. The van der Waals surface area contributed by atoms with Gasteiger partial charge in [0.2, 0.25) is 0 Å². The number of likely N-dealkylation sites (tertiary alicyclic amines) is 1. The molecule has 1 aromatic carbocycles. The molecule has 0 aromatic heterocycles. The van der Waals surface area contributed by atoms with Crippen LogP contribution in [-0.4, -0.2) is 36.5 Å². The van der Waals surface area contributed by atoms with E-state index in [0.29, 0.717) is 23.0 Å². The predicted octanol–water partition coefficient (Wildman–Crippen LogP) is 1.26. The number of nitrogens with zero attached hydrogens (tertiary/aromatic N) is 1. The van der Waals surface area contributed by atoms with Gasteiger partial charge in [0.1, 0.15) is 0 Å². The third kappa shape index (κ3) is 3.17. The van der Waals surface area contributed by atoms with Crippen LogP contribution in [-0.2, 0) is 0 Å². The lowest BCUT2D eigenvalue weighted by Crippen LogP contribution is -2.36. The maximum atomic E-state index is 11.4. The number of hydrogen-bond donors (Lipinski definition) is 3. The van der Waals surface area contributed by atoms with Gasteiger partial charge in [0, 0.05) is 12.6 Å².